The van der Waals surface area contributed by atoms with Crippen molar-refractivity contribution in [2.75, 3.05) is 20.2 Å². The number of rotatable bonds is 3. The molecule has 4 nitrogen and oxygen atoms in total. The summed E-state index contributed by atoms with van der Waals surface area (Å²) in [5.41, 5.74) is 5.68. The molecule has 0 spiro atoms. The first-order valence-electron chi connectivity index (χ1n) is 5.24. The molecule has 0 radical (unpaired) electrons. The smallest absolute Gasteiger partial charge is 0.322 e. The first kappa shape index (κ1) is 11.5. The molecule has 2 unspecified atom stereocenters. The number of carbonyl (C=O) groups is 1. The summed E-state index contributed by atoms with van der Waals surface area (Å²) in [5, 5.41) is 0. The number of nitrogens with two attached hydrogens (primary N) is 1. The van der Waals surface area contributed by atoms with Crippen molar-refractivity contribution in [1.82, 2.24) is 4.90 Å². The molecule has 0 aliphatic carbocycles. The molecular formula is C10H20N2O2. The van der Waals surface area contributed by atoms with Crippen LogP contribution in [0, 0.1) is 0 Å². The number of ether oxygens (including phenoxy) is 1. The van der Waals surface area contributed by atoms with Gasteiger partial charge in [-0.05, 0) is 26.3 Å². The van der Waals surface area contributed by atoms with Crippen LogP contribution in [0.3, 0.4) is 0 Å². The van der Waals surface area contributed by atoms with Crippen molar-refractivity contribution in [3.05, 3.63) is 0 Å². The summed E-state index contributed by atoms with van der Waals surface area (Å²) < 4.78 is 4.74. The highest BCUT2D eigenvalue weighted by Crippen LogP contribution is 2.19. The number of piperidine rings is 1. The van der Waals surface area contributed by atoms with Gasteiger partial charge >= 0.3 is 5.97 Å². The molecule has 0 bridgehead atoms. The highest BCUT2D eigenvalue weighted by Gasteiger charge is 2.29. The van der Waals surface area contributed by atoms with E-state index in [0.29, 0.717) is 12.6 Å². The van der Waals surface area contributed by atoms with E-state index in [1.165, 1.54) is 13.5 Å². The molecule has 0 aromatic rings. The van der Waals surface area contributed by atoms with Gasteiger partial charge in [-0.1, -0.05) is 6.42 Å². The summed E-state index contributed by atoms with van der Waals surface area (Å²) >= 11 is 0. The fourth-order valence-electron chi connectivity index (χ4n) is 2.09. The Labute approximate surface area is 85.4 Å². The van der Waals surface area contributed by atoms with Crippen LogP contribution >= 0.6 is 0 Å². The van der Waals surface area contributed by atoms with Crippen LogP contribution in [-0.2, 0) is 9.53 Å². The molecule has 0 aromatic carbocycles. The zero-order valence-electron chi connectivity index (χ0n) is 9.03. The molecule has 1 heterocycles. The predicted octanol–water partition coefficient (Wildman–Crippen LogP) is 0.361. The summed E-state index contributed by atoms with van der Waals surface area (Å²) in [6.07, 6.45) is 3.46. The van der Waals surface area contributed by atoms with E-state index in [1.54, 1.807) is 0 Å². The number of hydrogen-bond donors (Lipinski definition) is 1. The highest BCUT2D eigenvalue weighted by molar-refractivity contribution is 5.75. The molecule has 0 aromatic heterocycles. The topological polar surface area (TPSA) is 55.6 Å². The minimum atomic E-state index is -0.162. The Balaban J connectivity index is 2.58. The van der Waals surface area contributed by atoms with Crippen LogP contribution in [0.15, 0.2) is 0 Å². The van der Waals surface area contributed by atoms with Crippen LogP contribution in [0.4, 0.5) is 0 Å². The highest BCUT2D eigenvalue weighted by atomic mass is 16.5. The second kappa shape index (κ2) is 5.32. The van der Waals surface area contributed by atoms with E-state index in [-0.39, 0.29) is 12.0 Å². The molecular weight excluding hydrogens is 180 g/mol. The Kier molecular flexibility index (Phi) is 4.35. The third-order valence-corrected chi connectivity index (χ3v) is 2.98. The summed E-state index contributed by atoms with van der Waals surface area (Å²) in [5.74, 6) is -0.162. The lowest BCUT2D eigenvalue weighted by atomic mass is 10.0. The third-order valence-electron chi connectivity index (χ3n) is 2.98. The number of carbonyl (C=O) groups excluding carboxylic acids is 1. The molecule has 0 saturated carbocycles. The van der Waals surface area contributed by atoms with Crippen LogP contribution in [-0.4, -0.2) is 43.2 Å². The molecule has 2 N–H and O–H groups in total. The van der Waals surface area contributed by atoms with Crippen molar-refractivity contribution in [2.24, 2.45) is 5.73 Å². The lowest BCUT2D eigenvalue weighted by molar-refractivity contribution is -0.147. The fourth-order valence-corrected chi connectivity index (χ4v) is 2.09. The van der Waals surface area contributed by atoms with Gasteiger partial charge in [0.05, 0.1) is 7.11 Å². The molecule has 1 fully saturated rings. The van der Waals surface area contributed by atoms with E-state index in [2.05, 4.69) is 4.90 Å². The maximum atomic E-state index is 11.4. The van der Waals surface area contributed by atoms with Gasteiger partial charge in [-0.25, -0.2) is 0 Å². The summed E-state index contributed by atoms with van der Waals surface area (Å²) in [4.78, 5) is 13.5. The number of esters is 1. The number of likely N-dealkylation sites (tertiary alicyclic amines) is 1. The molecule has 1 rings (SSSR count). The Morgan fingerprint density at radius 1 is 1.64 bits per heavy atom. The Hall–Kier alpha value is -0.610. The van der Waals surface area contributed by atoms with Crippen LogP contribution in [0.5, 0.6) is 0 Å². The standard InChI is InChI=1S/C10H20N2O2/c1-8(10(13)14-2)12-6-4-3-5-9(12)7-11/h8-9H,3-7,11H2,1-2H3. The van der Waals surface area contributed by atoms with Crippen molar-refractivity contribution >= 4 is 5.97 Å². The molecule has 4 heteroatoms. The lowest BCUT2D eigenvalue weighted by Gasteiger charge is -2.37. The van der Waals surface area contributed by atoms with Crippen LogP contribution in [0.2, 0.25) is 0 Å². The van der Waals surface area contributed by atoms with Gasteiger partial charge in [-0.2, -0.15) is 0 Å². The molecule has 1 aliphatic heterocycles. The van der Waals surface area contributed by atoms with Crippen molar-refractivity contribution in [3.63, 3.8) is 0 Å². The van der Waals surface area contributed by atoms with E-state index in [0.717, 1.165) is 19.4 Å². The summed E-state index contributed by atoms with van der Waals surface area (Å²) in [7, 11) is 1.43. The number of methoxy groups -OCH3 is 1. The predicted molar refractivity (Wildman–Crippen MR) is 54.9 cm³/mol. The zero-order valence-corrected chi connectivity index (χ0v) is 9.03. The van der Waals surface area contributed by atoms with Crippen molar-refractivity contribution in [1.29, 1.82) is 0 Å². The van der Waals surface area contributed by atoms with Crippen LogP contribution < -0.4 is 5.73 Å². The van der Waals surface area contributed by atoms with Gasteiger partial charge in [-0.3, -0.25) is 9.69 Å². The number of hydrogen-bond acceptors (Lipinski definition) is 4. The van der Waals surface area contributed by atoms with E-state index in [1.807, 2.05) is 6.92 Å². The van der Waals surface area contributed by atoms with E-state index >= 15 is 0 Å². The van der Waals surface area contributed by atoms with E-state index in [4.69, 9.17) is 10.5 Å². The van der Waals surface area contributed by atoms with E-state index in [9.17, 15) is 4.79 Å². The van der Waals surface area contributed by atoms with Gasteiger partial charge in [-0.15, -0.1) is 0 Å². The van der Waals surface area contributed by atoms with Crippen molar-refractivity contribution < 1.29 is 9.53 Å². The normalized spacial score (nSPS) is 25.8. The summed E-state index contributed by atoms with van der Waals surface area (Å²) in [6.45, 7) is 3.47. The van der Waals surface area contributed by atoms with Gasteiger partial charge in [0.2, 0.25) is 0 Å². The minimum Gasteiger partial charge on any atom is -0.468 e. The van der Waals surface area contributed by atoms with Gasteiger partial charge in [0.1, 0.15) is 6.04 Å². The molecule has 1 aliphatic rings. The average Bonchev–Trinajstić information content (AvgIpc) is 2.26. The quantitative estimate of drug-likeness (QED) is 0.668. The first-order valence-corrected chi connectivity index (χ1v) is 5.24. The third kappa shape index (κ3) is 2.45. The molecule has 1 saturated heterocycles. The Morgan fingerprint density at radius 2 is 2.36 bits per heavy atom. The van der Waals surface area contributed by atoms with Crippen LogP contribution in [0.25, 0.3) is 0 Å². The zero-order chi connectivity index (χ0) is 10.6. The Bertz CT molecular complexity index is 197. The maximum absolute atomic E-state index is 11.4. The SMILES string of the molecule is COC(=O)C(C)N1CCCCC1CN. The average molecular weight is 200 g/mol. The Morgan fingerprint density at radius 3 is 2.93 bits per heavy atom. The van der Waals surface area contributed by atoms with E-state index < -0.39 is 0 Å². The fraction of sp³-hybridized carbons (Fsp3) is 0.900. The molecule has 14 heavy (non-hydrogen) atoms. The van der Waals surface area contributed by atoms with Gasteiger partial charge in [0.15, 0.2) is 0 Å². The summed E-state index contributed by atoms with van der Waals surface area (Å²) in [6, 6.07) is 0.187. The van der Waals surface area contributed by atoms with Gasteiger partial charge < -0.3 is 10.5 Å². The second-order valence-corrected chi connectivity index (χ2v) is 3.82. The van der Waals surface area contributed by atoms with Gasteiger partial charge in [0, 0.05) is 12.6 Å². The maximum Gasteiger partial charge on any atom is 0.322 e. The second-order valence-electron chi connectivity index (χ2n) is 3.82. The largest absolute Gasteiger partial charge is 0.468 e. The minimum absolute atomic E-state index is 0.158. The molecule has 0 amide bonds. The van der Waals surface area contributed by atoms with Gasteiger partial charge in [0.25, 0.3) is 0 Å². The number of nitrogens with zero attached hydrogens (tertiary/aromatic N) is 1. The monoisotopic (exact) mass is 200 g/mol. The van der Waals surface area contributed by atoms with Crippen molar-refractivity contribution in [2.45, 2.75) is 38.3 Å². The van der Waals surface area contributed by atoms with Crippen molar-refractivity contribution in [3.8, 4) is 0 Å². The molecule has 82 valence electrons. The van der Waals surface area contributed by atoms with Crippen LogP contribution in [0.1, 0.15) is 26.2 Å². The molecule has 2 atom stereocenters. The first-order chi connectivity index (χ1) is 6.70. The lowest BCUT2D eigenvalue weighted by Crippen LogP contribution is -2.51.